The van der Waals surface area contributed by atoms with E-state index in [0.717, 1.165) is 18.8 Å². The van der Waals surface area contributed by atoms with E-state index in [-0.39, 0.29) is 0 Å². The Kier molecular flexibility index (Phi) is 2.84. The van der Waals surface area contributed by atoms with Crippen molar-refractivity contribution in [3.05, 3.63) is 45.4 Å². The van der Waals surface area contributed by atoms with Crippen molar-refractivity contribution in [3.63, 3.8) is 0 Å². The largest absolute Gasteiger partial charge is 0.398 e. The Morgan fingerprint density at radius 2 is 2.22 bits per heavy atom. The second-order valence-electron chi connectivity index (χ2n) is 4.88. The molecule has 0 fully saturated rings. The van der Waals surface area contributed by atoms with Gasteiger partial charge in [-0.1, -0.05) is 12.1 Å². The van der Waals surface area contributed by atoms with Gasteiger partial charge in [-0.3, -0.25) is 4.90 Å². The van der Waals surface area contributed by atoms with Gasteiger partial charge in [0.05, 0.1) is 6.04 Å². The van der Waals surface area contributed by atoms with Crippen LogP contribution in [0.1, 0.15) is 34.0 Å². The summed E-state index contributed by atoms with van der Waals surface area (Å²) >= 11 is 1.78. The maximum absolute atomic E-state index is 6.04. The van der Waals surface area contributed by atoms with Gasteiger partial charge in [-0.2, -0.15) is 0 Å². The molecule has 1 aliphatic rings. The topological polar surface area (TPSA) is 42.2 Å². The molecule has 1 atom stereocenters. The number of nitrogens with two attached hydrogens (primary N) is 1. The minimum Gasteiger partial charge on any atom is -0.398 e. The van der Waals surface area contributed by atoms with Crippen LogP contribution in [0.25, 0.3) is 0 Å². The molecule has 2 heterocycles. The summed E-state index contributed by atoms with van der Waals surface area (Å²) in [6.07, 6.45) is 1.95. The van der Waals surface area contributed by atoms with Gasteiger partial charge < -0.3 is 5.73 Å². The summed E-state index contributed by atoms with van der Waals surface area (Å²) < 4.78 is 0. The fourth-order valence-electron chi connectivity index (χ4n) is 2.47. The predicted octanol–water partition coefficient (Wildman–Crippen LogP) is 3.11. The van der Waals surface area contributed by atoms with Crippen molar-refractivity contribution in [1.29, 1.82) is 0 Å². The summed E-state index contributed by atoms with van der Waals surface area (Å²) in [4.78, 5) is 8.19. The molecular formula is C14H17N3S. The van der Waals surface area contributed by atoms with E-state index in [9.17, 15) is 0 Å². The van der Waals surface area contributed by atoms with Crippen molar-refractivity contribution < 1.29 is 0 Å². The number of rotatable bonds is 2. The number of aromatic nitrogens is 1. The van der Waals surface area contributed by atoms with Crippen LogP contribution in [0.15, 0.2) is 24.4 Å². The molecule has 0 amide bonds. The van der Waals surface area contributed by atoms with E-state index in [1.54, 1.807) is 11.3 Å². The molecular weight excluding hydrogens is 242 g/mol. The number of hydrogen-bond acceptors (Lipinski definition) is 4. The molecule has 2 aromatic rings. The third-order valence-corrected chi connectivity index (χ3v) is 4.67. The van der Waals surface area contributed by atoms with E-state index < -0.39 is 0 Å². The summed E-state index contributed by atoms with van der Waals surface area (Å²) in [6, 6.07) is 6.55. The van der Waals surface area contributed by atoms with Crippen LogP contribution in [0.5, 0.6) is 0 Å². The second kappa shape index (κ2) is 4.37. The van der Waals surface area contributed by atoms with Crippen LogP contribution in [-0.2, 0) is 13.1 Å². The highest BCUT2D eigenvalue weighted by Gasteiger charge is 2.26. The lowest BCUT2D eigenvalue weighted by atomic mass is 10.1. The molecule has 18 heavy (non-hydrogen) atoms. The molecule has 4 heteroatoms. The standard InChI is InChI=1S/C14H17N3S/c1-9-6-16-14(18-9)10(2)17-7-11-4-3-5-13(15)12(11)8-17/h3-6,10H,7-8,15H2,1-2H3. The Morgan fingerprint density at radius 1 is 1.39 bits per heavy atom. The van der Waals surface area contributed by atoms with Crippen LogP contribution in [0.3, 0.4) is 0 Å². The molecule has 0 bridgehead atoms. The number of nitrogens with zero attached hydrogens (tertiary/aromatic N) is 2. The van der Waals surface area contributed by atoms with Crippen molar-refractivity contribution in [2.24, 2.45) is 0 Å². The van der Waals surface area contributed by atoms with Gasteiger partial charge in [0.15, 0.2) is 0 Å². The summed E-state index contributed by atoms with van der Waals surface area (Å²) in [5.41, 5.74) is 9.60. The fourth-order valence-corrected chi connectivity index (χ4v) is 3.33. The molecule has 0 spiro atoms. The van der Waals surface area contributed by atoms with Crippen molar-refractivity contribution >= 4 is 17.0 Å². The van der Waals surface area contributed by atoms with E-state index in [4.69, 9.17) is 5.73 Å². The molecule has 0 saturated heterocycles. The number of hydrogen-bond donors (Lipinski definition) is 1. The molecule has 1 aromatic carbocycles. The Hall–Kier alpha value is -1.39. The number of anilines is 1. The normalized spacial score (nSPS) is 16.8. The average Bonchev–Trinajstić information content (AvgIpc) is 2.95. The van der Waals surface area contributed by atoms with E-state index in [2.05, 4.69) is 29.8 Å². The average molecular weight is 259 g/mol. The van der Waals surface area contributed by atoms with Gasteiger partial charge in [-0.25, -0.2) is 4.98 Å². The summed E-state index contributed by atoms with van der Waals surface area (Å²) in [6.45, 7) is 6.23. The van der Waals surface area contributed by atoms with Crippen molar-refractivity contribution in [2.75, 3.05) is 5.73 Å². The monoisotopic (exact) mass is 259 g/mol. The molecule has 3 rings (SSSR count). The Morgan fingerprint density at radius 3 is 2.89 bits per heavy atom. The van der Waals surface area contributed by atoms with Gasteiger partial charge in [0.1, 0.15) is 5.01 Å². The first-order valence-electron chi connectivity index (χ1n) is 6.18. The number of aryl methyl sites for hydroxylation is 1. The lowest BCUT2D eigenvalue weighted by molar-refractivity contribution is 0.215. The first-order valence-corrected chi connectivity index (χ1v) is 6.99. The fraction of sp³-hybridized carbons (Fsp3) is 0.357. The van der Waals surface area contributed by atoms with Crippen LogP contribution in [0.2, 0.25) is 0 Å². The van der Waals surface area contributed by atoms with Crippen molar-refractivity contribution in [2.45, 2.75) is 33.0 Å². The third-order valence-electron chi connectivity index (χ3n) is 3.59. The van der Waals surface area contributed by atoms with Crippen LogP contribution in [0, 0.1) is 6.92 Å². The van der Waals surface area contributed by atoms with Gasteiger partial charge in [-0.15, -0.1) is 11.3 Å². The number of nitrogen functional groups attached to an aromatic ring is 1. The van der Waals surface area contributed by atoms with E-state index in [0.29, 0.717) is 6.04 Å². The quantitative estimate of drug-likeness (QED) is 0.843. The van der Waals surface area contributed by atoms with Crippen molar-refractivity contribution in [1.82, 2.24) is 9.88 Å². The highest BCUT2D eigenvalue weighted by Crippen LogP contribution is 2.34. The third kappa shape index (κ3) is 1.91. The second-order valence-corrected chi connectivity index (χ2v) is 6.14. The van der Waals surface area contributed by atoms with Crippen LogP contribution >= 0.6 is 11.3 Å². The molecule has 0 saturated carbocycles. The molecule has 3 nitrogen and oxygen atoms in total. The lowest BCUT2D eigenvalue weighted by Crippen LogP contribution is -2.20. The van der Waals surface area contributed by atoms with E-state index in [1.807, 2.05) is 18.3 Å². The first-order chi connectivity index (χ1) is 8.65. The van der Waals surface area contributed by atoms with Gasteiger partial charge >= 0.3 is 0 Å². The van der Waals surface area contributed by atoms with Gasteiger partial charge in [0.2, 0.25) is 0 Å². The van der Waals surface area contributed by atoms with Crippen LogP contribution in [-0.4, -0.2) is 9.88 Å². The lowest BCUT2D eigenvalue weighted by Gasteiger charge is -2.21. The predicted molar refractivity (Wildman–Crippen MR) is 75.4 cm³/mol. The van der Waals surface area contributed by atoms with Gasteiger partial charge in [-0.05, 0) is 31.0 Å². The van der Waals surface area contributed by atoms with E-state index >= 15 is 0 Å². The highest BCUT2D eigenvalue weighted by molar-refractivity contribution is 7.11. The first kappa shape index (κ1) is 11.7. The maximum atomic E-state index is 6.04. The SMILES string of the molecule is Cc1cnc(C(C)N2Cc3cccc(N)c3C2)s1. The molecule has 94 valence electrons. The summed E-state index contributed by atoms with van der Waals surface area (Å²) in [5.74, 6) is 0. The highest BCUT2D eigenvalue weighted by atomic mass is 32.1. The molecule has 0 aliphatic carbocycles. The molecule has 0 radical (unpaired) electrons. The van der Waals surface area contributed by atoms with Crippen LogP contribution in [0.4, 0.5) is 5.69 Å². The summed E-state index contributed by atoms with van der Waals surface area (Å²) in [7, 11) is 0. The minimum absolute atomic E-state index is 0.357. The minimum atomic E-state index is 0.357. The van der Waals surface area contributed by atoms with Crippen LogP contribution < -0.4 is 5.73 Å². The molecule has 1 aliphatic heterocycles. The molecule has 2 N–H and O–H groups in total. The zero-order valence-corrected chi connectivity index (χ0v) is 11.5. The van der Waals surface area contributed by atoms with E-state index in [1.165, 1.54) is 21.0 Å². The van der Waals surface area contributed by atoms with Crippen molar-refractivity contribution in [3.8, 4) is 0 Å². The van der Waals surface area contributed by atoms with Gasteiger partial charge in [0.25, 0.3) is 0 Å². The number of fused-ring (bicyclic) bond motifs is 1. The smallest absolute Gasteiger partial charge is 0.110 e. The number of benzene rings is 1. The zero-order valence-electron chi connectivity index (χ0n) is 10.7. The maximum Gasteiger partial charge on any atom is 0.110 e. The molecule has 1 unspecified atom stereocenters. The zero-order chi connectivity index (χ0) is 12.7. The number of thiazole rings is 1. The Balaban J connectivity index is 1.83. The van der Waals surface area contributed by atoms with Gasteiger partial charge in [0, 0.05) is 29.9 Å². The molecule has 1 aromatic heterocycles. The Labute approximate surface area is 111 Å². The Bertz CT molecular complexity index is 576. The summed E-state index contributed by atoms with van der Waals surface area (Å²) in [5, 5.41) is 1.19.